The Hall–Kier alpha value is -2.50. The maximum absolute atomic E-state index is 13.1. The molecule has 0 aliphatic carbocycles. The van der Waals surface area contributed by atoms with Gasteiger partial charge in [0.25, 0.3) is 10.1 Å². The van der Waals surface area contributed by atoms with E-state index < -0.39 is 52.5 Å². The van der Waals surface area contributed by atoms with Gasteiger partial charge in [-0.1, -0.05) is 48.0 Å². The van der Waals surface area contributed by atoms with Crippen molar-refractivity contribution in [3.05, 3.63) is 65.7 Å². The van der Waals surface area contributed by atoms with Crippen molar-refractivity contribution in [1.29, 1.82) is 0 Å². The van der Waals surface area contributed by atoms with Crippen molar-refractivity contribution in [1.82, 2.24) is 4.90 Å². The normalized spacial score (nSPS) is 27.2. The molecule has 5 atom stereocenters. The van der Waals surface area contributed by atoms with Crippen LogP contribution in [0.15, 0.2) is 59.5 Å². The number of amides is 1. The molecule has 2 aromatic rings. The molecule has 10 heteroatoms. The van der Waals surface area contributed by atoms with Crippen LogP contribution in [-0.2, 0) is 28.5 Å². The predicted octanol–water partition coefficient (Wildman–Crippen LogP) is 3.16. The zero-order valence-corrected chi connectivity index (χ0v) is 21.0. The van der Waals surface area contributed by atoms with E-state index in [4.69, 9.17) is 18.4 Å². The maximum atomic E-state index is 13.1. The third-order valence-electron chi connectivity index (χ3n) is 5.83. The monoisotopic (exact) mass is 505 g/mol. The quantitative estimate of drug-likeness (QED) is 0.631. The first kappa shape index (κ1) is 25.6. The van der Waals surface area contributed by atoms with Crippen molar-refractivity contribution >= 4 is 16.2 Å². The highest BCUT2D eigenvalue weighted by Gasteiger charge is 2.51. The van der Waals surface area contributed by atoms with Crippen LogP contribution in [-0.4, -0.2) is 67.6 Å². The van der Waals surface area contributed by atoms with E-state index in [1.165, 1.54) is 17.0 Å². The van der Waals surface area contributed by atoms with Crippen LogP contribution in [0.1, 0.15) is 38.2 Å². The fourth-order valence-corrected chi connectivity index (χ4v) is 5.18. The summed E-state index contributed by atoms with van der Waals surface area (Å²) in [4.78, 5) is 14.3. The van der Waals surface area contributed by atoms with Crippen LogP contribution >= 0.6 is 0 Å². The predicted molar refractivity (Wildman–Crippen MR) is 126 cm³/mol. The maximum Gasteiger partial charge on any atom is 0.410 e. The summed E-state index contributed by atoms with van der Waals surface area (Å²) in [6, 6.07) is 14.7. The Morgan fingerprint density at radius 3 is 2.37 bits per heavy atom. The fourth-order valence-electron chi connectivity index (χ4n) is 4.10. The standard InChI is InChI=1S/C25H31NO8S/c1-16-10-12-18(13-11-16)35(29,30)34-20-14-26(24(28)33-25(2,3)4)19-15-31-23(32-22(19)21(20)27)17-8-6-5-7-9-17/h5-13,19-23,27H,14-15H2,1-4H3/t19?,20?,21-,22+,23?/m0/s1. The third kappa shape index (κ3) is 5.84. The van der Waals surface area contributed by atoms with Gasteiger partial charge in [-0.3, -0.25) is 9.08 Å². The zero-order valence-electron chi connectivity index (χ0n) is 20.2. The minimum absolute atomic E-state index is 0.0451. The van der Waals surface area contributed by atoms with E-state index in [9.17, 15) is 18.3 Å². The van der Waals surface area contributed by atoms with E-state index >= 15 is 0 Å². The lowest BCUT2D eigenvalue weighted by molar-refractivity contribution is -0.282. The number of fused-ring (bicyclic) bond motifs is 1. The van der Waals surface area contributed by atoms with Crippen molar-refractivity contribution in [2.75, 3.05) is 13.2 Å². The molecule has 2 saturated heterocycles. The first-order chi connectivity index (χ1) is 16.4. The van der Waals surface area contributed by atoms with Gasteiger partial charge in [0, 0.05) is 5.56 Å². The number of likely N-dealkylation sites (tertiary alicyclic amines) is 1. The van der Waals surface area contributed by atoms with Gasteiger partial charge in [-0.05, 0) is 39.8 Å². The summed E-state index contributed by atoms with van der Waals surface area (Å²) in [5.74, 6) is 0. The van der Waals surface area contributed by atoms with Crippen LogP contribution in [0.4, 0.5) is 4.79 Å². The number of ether oxygens (including phenoxy) is 3. The molecule has 1 N–H and O–H groups in total. The number of hydrogen-bond donors (Lipinski definition) is 1. The van der Waals surface area contributed by atoms with Gasteiger partial charge in [0.1, 0.15) is 23.9 Å². The molecule has 0 aromatic heterocycles. The highest BCUT2D eigenvalue weighted by Crippen LogP contribution is 2.35. The minimum atomic E-state index is -4.22. The molecule has 2 aromatic carbocycles. The molecule has 0 saturated carbocycles. The molecule has 0 bridgehead atoms. The average molecular weight is 506 g/mol. The van der Waals surface area contributed by atoms with Crippen LogP contribution in [0.2, 0.25) is 0 Å². The summed E-state index contributed by atoms with van der Waals surface area (Å²) >= 11 is 0. The summed E-state index contributed by atoms with van der Waals surface area (Å²) in [5, 5.41) is 11.2. The van der Waals surface area contributed by atoms with Gasteiger partial charge < -0.3 is 19.3 Å². The number of carbonyl (C=O) groups is 1. The van der Waals surface area contributed by atoms with Crippen LogP contribution in [0.5, 0.6) is 0 Å². The molecule has 3 unspecified atom stereocenters. The van der Waals surface area contributed by atoms with Gasteiger partial charge in [0.05, 0.1) is 24.1 Å². The van der Waals surface area contributed by atoms with Crippen molar-refractivity contribution in [3.63, 3.8) is 0 Å². The summed E-state index contributed by atoms with van der Waals surface area (Å²) in [5.41, 5.74) is 0.844. The molecule has 4 rings (SSSR count). The molecule has 190 valence electrons. The Balaban J connectivity index is 1.62. The molecule has 2 aliphatic rings. The number of aryl methyl sites for hydroxylation is 1. The number of carbonyl (C=O) groups excluding carboxylic acids is 1. The smallest absolute Gasteiger partial charge is 0.410 e. The molecule has 0 spiro atoms. The molecule has 1 amide bonds. The average Bonchev–Trinajstić information content (AvgIpc) is 2.80. The Bertz CT molecular complexity index is 1130. The molecular formula is C25H31NO8S. The van der Waals surface area contributed by atoms with Crippen LogP contribution in [0.25, 0.3) is 0 Å². The fraction of sp³-hybridized carbons (Fsp3) is 0.480. The lowest BCUT2D eigenvalue weighted by Gasteiger charge is -2.49. The lowest BCUT2D eigenvalue weighted by atomic mass is 9.93. The molecule has 2 heterocycles. The van der Waals surface area contributed by atoms with Crippen molar-refractivity contribution in [2.45, 2.75) is 68.8 Å². The summed E-state index contributed by atoms with van der Waals surface area (Å²) in [6.45, 7) is 6.89. The lowest BCUT2D eigenvalue weighted by Crippen LogP contribution is -2.67. The van der Waals surface area contributed by atoms with Crippen LogP contribution in [0, 0.1) is 6.92 Å². The van der Waals surface area contributed by atoms with Gasteiger partial charge in [0.15, 0.2) is 6.29 Å². The van der Waals surface area contributed by atoms with E-state index in [1.807, 2.05) is 37.3 Å². The van der Waals surface area contributed by atoms with E-state index in [0.29, 0.717) is 0 Å². The third-order valence-corrected chi connectivity index (χ3v) is 7.18. The second-order valence-electron chi connectivity index (χ2n) is 9.77. The van der Waals surface area contributed by atoms with E-state index in [1.54, 1.807) is 32.9 Å². The molecular weight excluding hydrogens is 474 g/mol. The largest absolute Gasteiger partial charge is 0.444 e. The van der Waals surface area contributed by atoms with E-state index in [0.717, 1.165) is 11.1 Å². The summed E-state index contributed by atoms with van der Waals surface area (Å²) < 4.78 is 48.9. The summed E-state index contributed by atoms with van der Waals surface area (Å²) in [7, 11) is -4.22. The Morgan fingerprint density at radius 2 is 1.74 bits per heavy atom. The number of benzene rings is 2. The van der Waals surface area contributed by atoms with Gasteiger partial charge in [-0.2, -0.15) is 8.42 Å². The molecule has 9 nitrogen and oxygen atoms in total. The Kier molecular flexibility index (Phi) is 7.21. The van der Waals surface area contributed by atoms with Crippen molar-refractivity contribution < 1.29 is 36.7 Å². The van der Waals surface area contributed by atoms with Gasteiger partial charge in [0.2, 0.25) is 0 Å². The zero-order chi connectivity index (χ0) is 25.4. The number of aliphatic hydroxyl groups excluding tert-OH is 1. The highest BCUT2D eigenvalue weighted by molar-refractivity contribution is 7.86. The number of piperidine rings is 1. The van der Waals surface area contributed by atoms with E-state index in [-0.39, 0.29) is 18.0 Å². The molecule has 2 fully saturated rings. The number of aliphatic hydroxyl groups is 1. The topological polar surface area (TPSA) is 112 Å². The highest BCUT2D eigenvalue weighted by atomic mass is 32.2. The summed E-state index contributed by atoms with van der Waals surface area (Å²) in [6.07, 6.45) is -5.04. The first-order valence-electron chi connectivity index (χ1n) is 11.4. The van der Waals surface area contributed by atoms with Gasteiger partial charge in [-0.15, -0.1) is 0 Å². The molecule has 35 heavy (non-hydrogen) atoms. The number of nitrogens with zero attached hydrogens (tertiary/aromatic N) is 1. The second kappa shape index (κ2) is 9.87. The number of hydrogen-bond acceptors (Lipinski definition) is 8. The Morgan fingerprint density at radius 1 is 1.09 bits per heavy atom. The molecule has 2 aliphatic heterocycles. The van der Waals surface area contributed by atoms with Gasteiger partial charge in [-0.25, -0.2) is 4.79 Å². The van der Waals surface area contributed by atoms with E-state index in [2.05, 4.69) is 0 Å². The number of rotatable bonds is 4. The van der Waals surface area contributed by atoms with Crippen LogP contribution in [0.3, 0.4) is 0 Å². The van der Waals surface area contributed by atoms with Crippen LogP contribution < -0.4 is 0 Å². The van der Waals surface area contributed by atoms with Gasteiger partial charge >= 0.3 is 6.09 Å². The first-order valence-corrected chi connectivity index (χ1v) is 12.8. The SMILES string of the molecule is Cc1ccc(S(=O)(=O)OC2CN(C(=O)OC(C)(C)C)C3COC(c4ccccc4)O[C@H]3[C@H]2O)cc1. The molecule has 0 radical (unpaired) electrons. The van der Waals surface area contributed by atoms with Crippen molar-refractivity contribution in [2.24, 2.45) is 0 Å². The minimum Gasteiger partial charge on any atom is -0.444 e. The van der Waals surface area contributed by atoms with Crippen molar-refractivity contribution in [3.8, 4) is 0 Å². The Labute approximate surface area is 205 Å². The second-order valence-corrected chi connectivity index (χ2v) is 11.3.